The normalized spacial score (nSPS) is 20.6. The van der Waals surface area contributed by atoms with E-state index in [2.05, 4.69) is 4.36 Å². The van der Waals surface area contributed by atoms with Gasteiger partial charge in [-0.25, -0.2) is 27.3 Å². The Morgan fingerprint density at radius 2 is 1.69 bits per heavy atom. The van der Waals surface area contributed by atoms with Gasteiger partial charge < -0.3 is 9.64 Å². The lowest BCUT2D eigenvalue weighted by atomic mass is 10.00. The van der Waals surface area contributed by atoms with Crippen molar-refractivity contribution in [1.82, 2.24) is 23.8 Å². The minimum Gasteiger partial charge on any atom is -0.444 e. The van der Waals surface area contributed by atoms with Crippen LogP contribution in [0.25, 0.3) is 23.3 Å². The Morgan fingerprint density at radius 3 is 2.33 bits per heavy atom. The highest BCUT2D eigenvalue weighted by Gasteiger charge is 2.40. The minimum atomic E-state index is -2.81. The van der Waals surface area contributed by atoms with Crippen LogP contribution in [0, 0.1) is 25.5 Å². The average Bonchev–Trinajstić information content (AvgIpc) is 3.70. The first-order chi connectivity index (χ1) is 22.6. The SMILES string of the molecule is CC1=Cc2c(ccc(-n3ccn(-c4c5c(nn4-c4cc(C)c(F)c(C)c4)CCN(C(=O)OC(C)(C)C)[C@H]5C)c3=O)c2F)[S@](=O)(C2CC2)=N1. The van der Waals surface area contributed by atoms with Crippen LogP contribution in [0.1, 0.15) is 81.4 Å². The van der Waals surface area contributed by atoms with E-state index in [-0.39, 0.29) is 22.3 Å². The summed E-state index contributed by atoms with van der Waals surface area (Å²) in [4.78, 5) is 29.6. The number of carbonyl (C=O) groups is 1. The van der Waals surface area contributed by atoms with Crippen molar-refractivity contribution >= 4 is 21.9 Å². The molecule has 2 aromatic carbocycles. The monoisotopic (exact) mass is 676 g/mol. The average molecular weight is 677 g/mol. The molecule has 0 spiro atoms. The van der Waals surface area contributed by atoms with Gasteiger partial charge in [-0.15, -0.1) is 0 Å². The van der Waals surface area contributed by atoms with Gasteiger partial charge in [-0.2, -0.15) is 9.46 Å². The van der Waals surface area contributed by atoms with Crippen LogP contribution in [0.4, 0.5) is 13.6 Å². The third-order valence-corrected chi connectivity index (χ3v) is 12.0. The molecule has 0 unspecified atom stereocenters. The number of nitrogens with zero attached hydrogens (tertiary/aromatic N) is 6. The summed E-state index contributed by atoms with van der Waals surface area (Å²) in [5.74, 6) is -0.653. The third-order valence-electron chi connectivity index (χ3n) is 9.05. The maximum atomic E-state index is 16.4. The summed E-state index contributed by atoms with van der Waals surface area (Å²) in [6.07, 6.45) is 6.01. The lowest BCUT2D eigenvalue weighted by molar-refractivity contribution is 0.0159. The van der Waals surface area contributed by atoms with Gasteiger partial charge in [0.1, 0.15) is 17.2 Å². The first-order valence-electron chi connectivity index (χ1n) is 16.0. The number of amides is 1. The Kier molecular flexibility index (Phi) is 7.35. The van der Waals surface area contributed by atoms with E-state index in [1.54, 1.807) is 75.4 Å². The number of hydrogen-bond acceptors (Lipinski definition) is 6. The van der Waals surface area contributed by atoms with Gasteiger partial charge in [0.25, 0.3) is 0 Å². The van der Waals surface area contributed by atoms with Crippen molar-refractivity contribution in [2.75, 3.05) is 6.54 Å². The molecule has 1 amide bonds. The molecular weight excluding hydrogens is 638 g/mol. The quantitative estimate of drug-likeness (QED) is 0.233. The van der Waals surface area contributed by atoms with Gasteiger partial charge in [0.15, 0.2) is 5.82 Å². The molecule has 4 heterocycles. The Labute approximate surface area is 277 Å². The second-order valence-electron chi connectivity index (χ2n) is 13.9. The molecule has 0 saturated heterocycles. The van der Waals surface area contributed by atoms with Gasteiger partial charge in [0.05, 0.1) is 37.7 Å². The number of ether oxygens (including phenoxy) is 1. The number of carbonyl (C=O) groups excluding carboxylic acids is 1. The van der Waals surface area contributed by atoms with Gasteiger partial charge in [0.2, 0.25) is 0 Å². The van der Waals surface area contributed by atoms with Gasteiger partial charge in [-0.05, 0) is 103 Å². The second kappa shape index (κ2) is 11.0. The van der Waals surface area contributed by atoms with Gasteiger partial charge in [-0.1, -0.05) is 0 Å². The second-order valence-corrected chi connectivity index (χ2v) is 16.3. The fourth-order valence-corrected chi connectivity index (χ4v) is 9.27. The molecule has 1 aliphatic carbocycles. The maximum absolute atomic E-state index is 16.4. The summed E-state index contributed by atoms with van der Waals surface area (Å²) < 4.78 is 59.3. The summed E-state index contributed by atoms with van der Waals surface area (Å²) in [5.41, 5.74) is 2.01. The predicted octanol–water partition coefficient (Wildman–Crippen LogP) is 6.93. The molecule has 48 heavy (non-hydrogen) atoms. The number of hydrogen-bond donors (Lipinski definition) is 0. The molecule has 2 aliphatic heterocycles. The lowest BCUT2D eigenvalue weighted by Gasteiger charge is -2.34. The molecular formula is C35H38F2N6O4S. The van der Waals surface area contributed by atoms with Crippen LogP contribution < -0.4 is 5.69 Å². The molecule has 0 N–H and O–H groups in total. The van der Waals surface area contributed by atoms with Crippen molar-refractivity contribution in [3.8, 4) is 17.2 Å². The molecule has 7 rings (SSSR count). The van der Waals surface area contributed by atoms with E-state index in [0.717, 1.165) is 12.8 Å². The Morgan fingerprint density at radius 1 is 1.02 bits per heavy atom. The van der Waals surface area contributed by atoms with Crippen LogP contribution in [0.15, 0.2) is 56.4 Å². The van der Waals surface area contributed by atoms with E-state index in [1.807, 2.05) is 6.92 Å². The number of aromatic nitrogens is 4. The summed E-state index contributed by atoms with van der Waals surface area (Å²) in [5, 5.41) is 4.79. The topological polar surface area (TPSA) is 104 Å². The molecule has 0 radical (unpaired) electrons. The van der Waals surface area contributed by atoms with Gasteiger partial charge in [0, 0.05) is 47.4 Å². The minimum absolute atomic E-state index is 0.00201. The van der Waals surface area contributed by atoms with E-state index in [4.69, 9.17) is 9.84 Å². The highest BCUT2D eigenvalue weighted by molar-refractivity contribution is 7.94. The molecule has 10 nitrogen and oxygen atoms in total. The van der Waals surface area contributed by atoms with Crippen LogP contribution in [0.3, 0.4) is 0 Å². The van der Waals surface area contributed by atoms with E-state index >= 15 is 4.39 Å². The number of allylic oxidation sites excluding steroid dienone is 1. The van der Waals surface area contributed by atoms with Crippen molar-refractivity contribution in [3.05, 3.63) is 92.4 Å². The van der Waals surface area contributed by atoms with Gasteiger partial charge in [-0.3, -0.25) is 9.13 Å². The molecule has 1 saturated carbocycles. The van der Waals surface area contributed by atoms with E-state index in [0.29, 0.717) is 57.4 Å². The fraction of sp³-hybridized carbons (Fsp3) is 0.400. The number of halogens is 2. The van der Waals surface area contributed by atoms with E-state index in [1.165, 1.54) is 27.6 Å². The molecule has 13 heteroatoms. The van der Waals surface area contributed by atoms with Crippen molar-refractivity contribution in [2.24, 2.45) is 4.36 Å². The van der Waals surface area contributed by atoms with Crippen molar-refractivity contribution in [2.45, 2.75) is 89.5 Å². The zero-order chi connectivity index (χ0) is 34.4. The number of fused-ring (bicyclic) bond motifs is 2. The van der Waals surface area contributed by atoms with Crippen molar-refractivity contribution in [3.63, 3.8) is 0 Å². The Balaban J connectivity index is 1.40. The molecule has 0 bridgehead atoms. The summed E-state index contributed by atoms with van der Waals surface area (Å²) in [7, 11) is -2.81. The number of benzene rings is 2. The third kappa shape index (κ3) is 5.10. The zero-order valence-corrected chi connectivity index (χ0v) is 28.8. The van der Waals surface area contributed by atoms with Crippen LogP contribution in [0.5, 0.6) is 0 Å². The molecule has 2 atom stereocenters. The van der Waals surface area contributed by atoms with Crippen LogP contribution in [0.2, 0.25) is 0 Å². The van der Waals surface area contributed by atoms with E-state index < -0.39 is 39.0 Å². The van der Waals surface area contributed by atoms with Crippen molar-refractivity contribution in [1.29, 1.82) is 0 Å². The number of imidazole rings is 1. The lowest BCUT2D eigenvalue weighted by Crippen LogP contribution is -2.42. The highest BCUT2D eigenvalue weighted by atomic mass is 32.2. The van der Waals surface area contributed by atoms with Crippen LogP contribution >= 0.6 is 0 Å². The van der Waals surface area contributed by atoms with Crippen LogP contribution in [-0.2, 0) is 20.9 Å². The predicted molar refractivity (Wildman–Crippen MR) is 178 cm³/mol. The Bertz CT molecular complexity index is 2220. The van der Waals surface area contributed by atoms with Crippen LogP contribution in [-0.4, -0.2) is 51.5 Å². The first kappa shape index (κ1) is 32.0. The van der Waals surface area contributed by atoms with Gasteiger partial charge >= 0.3 is 11.8 Å². The summed E-state index contributed by atoms with van der Waals surface area (Å²) in [6, 6.07) is 5.85. The zero-order valence-electron chi connectivity index (χ0n) is 28.0. The summed E-state index contributed by atoms with van der Waals surface area (Å²) >= 11 is 0. The molecule has 1 fully saturated rings. The summed E-state index contributed by atoms with van der Waals surface area (Å²) in [6.45, 7) is 12.6. The molecule has 2 aromatic heterocycles. The highest BCUT2D eigenvalue weighted by Crippen LogP contribution is 2.42. The standard InChI is InChI=1S/C35H38F2N6O4S/c1-19-16-23(17-20(2)30(19)36)43-32(29-22(4)40(13-12-26(29)38-43)34(45)47-35(5,6)7)42-15-14-41(33(42)44)27-10-11-28-25(31(27)37)18-21(3)39-48(28,46)24-8-9-24/h10-11,14-18,22,24H,8-9,12-13H2,1-7H3/t22-,48+/m0/s1. The molecule has 4 aromatic rings. The van der Waals surface area contributed by atoms with E-state index in [9.17, 15) is 18.2 Å². The first-order valence-corrected chi connectivity index (χ1v) is 17.6. The number of aryl methyl sites for hydroxylation is 2. The molecule has 3 aliphatic rings. The smallest absolute Gasteiger partial charge is 0.410 e. The number of rotatable bonds is 4. The molecule has 252 valence electrons. The van der Waals surface area contributed by atoms with Crippen molar-refractivity contribution < 1.29 is 22.5 Å². The maximum Gasteiger partial charge on any atom is 0.410 e. The fourth-order valence-electron chi connectivity index (χ4n) is 6.68. The Hall–Kier alpha value is -4.52. The largest absolute Gasteiger partial charge is 0.444 e.